The van der Waals surface area contributed by atoms with Crippen LogP contribution >= 0.6 is 15.9 Å². The Hall–Kier alpha value is -1.85. The lowest BCUT2D eigenvalue weighted by atomic mass is 10.1. The molecule has 0 spiro atoms. The van der Waals surface area contributed by atoms with E-state index in [-0.39, 0.29) is 5.56 Å². The van der Waals surface area contributed by atoms with E-state index in [1.165, 1.54) is 13.2 Å². The zero-order valence-corrected chi connectivity index (χ0v) is 13.1. The molecule has 0 aliphatic carbocycles. The van der Waals surface area contributed by atoms with Crippen molar-refractivity contribution in [3.05, 3.63) is 63.6 Å². The minimum atomic E-state index is -1.01. The Morgan fingerprint density at radius 1 is 1.19 bits per heavy atom. The van der Waals surface area contributed by atoms with E-state index in [1.54, 1.807) is 12.1 Å². The highest BCUT2D eigenvalue weighted by atomic mass is 79.9. The van der Waals surface area contributed by atoms with Gasteiger partial charge in [0.25, 0.3) is 0 Å². The summed E-state index contributed by atoms with van der Waals surface area (Å²) in [5.74, 6) is -0.669. The molecule has 2 aromatic carbocycles. The van der Waals surface area contributed by atoms with Crippen molar-refractivity contribution in [2.75, 3.05) is 7.11 Å². The van der Waals surface area contributed by atoms with Gasteiger partial charge in [0.05, 0.1) is 20.3 Å². The maximum absolute atomic E-state index is 11.0. The first kappa shape index (κ1) is 15.5. The van der Waals surface area contributed by atoms with Crippen LogP contribution in [0.15, 0.2) is 46.9 Å². The Morgan fingerprint density at radius 2 is 1.95 bits per heavy atom. The summed E-state index contributed by atoms with van der Waals surface area (Å²) in [6, 6.07) is 12.8. The highest BCUT2D eigenvalue weighted by Crippen LogP contribution is 2.22. The van der Waals surface area contributed by atoms with E-state index in [2.05, 4.69) is 15.9 Å². The standard InChI is InChI=1S/C16H15BrO4/c1-20-15-8-11(6-7-13(15)16(18)19)9-21-10-12-4-2-3-5-14(12)17/h2-8H,9-10H2,1H3,(H,18,19). The van der Waals surface area contributed by atoms with Crippen molar-refractivity contribution < 1.29 is 19.4 Å². The van der Waals surface area contributed by atoms with Crippen LogP contribution in [0.4, 0.5) is 0 Å². The zero-order chi connectivity index (χ0) is 15.2. The Bertz CT molecular complexity index is 640. The summed E-state index contributed by atoms with van der Waals surface area (Å²) in [4.78, 5) is 11.0. The van der Waals surface area contributed by atoms with Gasteiger partial charge in [-0.2, -0.15) is 0 Å². The second-order valence-electron chi connectivity index (χ2n) is 4.42. The van der Waals surface area contributed by atoms with E-state index in [0.29, 0.717) is 19.0 Å². The first-order valence-corrected chi connectivity index (χ1v) is 7.12. The number of carbonyl (C=O) groups is 1. The highest BCUT2D eigenvalue weighted by molar-refractivity contribution is 9.10. The molecule has 0 aromatic heterocycles. The van der Waals surface area contributed by atoms with Crippen LogP contribution in [-0.2, 0) is 18.0 Å². The number of halogens is 1. The van der Waals surface area contributed by atoms with Crippen molar-refractivity contribution in [1.82, 2.24) is 0 Å². The van der Waals surface area contributed by atoms with Gasteiger partial charge in [0.15, 0.2) is 0 Å². The van der Waals surface area contributed by atoms with E-state index < -0.39 is 5.97 Å². The average molecular weight is 351 g/mol. The molecule has 0 heterocycles. The number of ether oxygens (including phenoxy) is 2. The molecule has 0 atom stereocenters. The topological polar surface area (TPSA) is 55.8 Å². The van der Waals surface area contributed by atoms with Crippen LogP contribution in [0.25, 0.3) is 0 Å². The van der Waals surface area contributed by atoms with Gasteiger partial charge in [0, 0.05) is 4.47 Å². The van der Waals surface area contributed by atoms with E-state index >= 15 is 0 Å². The van der Waals surface area contributed by atoms with Gasteiger partial charge in [0.1, 0.15) is 11.3 Å². The molecule has 2 aromatic rings. The molecule has 0 unspecified atom stereocenters. The van der Waals surface area contributed by atoms with E-state index in [0.717, 1.165) is 15.6 Å². The van der Waals surface area contributed by atoms with E-state index in [9.17, 15) is 4.79 Å². The average Bonchev–Trinajstić information content (AvgIpc) is 2.48. The van der Waals surface area contributed by atoms with Crippen LogP contribution in [0.3, 0.4) is 0 Å². The predicted molar refractivity (Wildman–Crippen MR) is 82.6 cm³/mol. The number of hydrogen-bond donors (Lipinski definition) is 1. The van der Waals surface area contributed by atoms with Gasteiger partial charge in [-0.25, -0.2) is 4.79 Å². The molecule has 0 saturated heterocycles. The van der Waals surface area contributed by atoms with Gasteiger partial charge in [-0.3, -0.25) is 0 Å². The number of aromatic carboxylic acids is 1. The smallest absolute Gasteiger partial charge is 0.339 e. The van der Waals surface area contributed by atoms with Crippen molar-refractivity contribution >= 4 is 21.9 Å². The van der Waals surface area contributed by atoms with Crippen molar-refractivity contribution in [2.24, 2.45) is 0 Å². The number of hydrogen-bond acceptors (Lipinski definition) is 3. The summed E-state index contributed by atoms with van der Waals surface area (Å²) in [7, 11) is 1.45. The fourth-order valence-electron chi connectivity index (χ4n) is 1.90. The van der Waals surface area contributed by atoms with E-state index in [1.807, 2.05) is 24.3 Å². The van der Waals surface area contributed by atoms with Gasteiger partial charge in [-0.1, -0.05) is 40.2 Å². The monoisotopic (exact) mass is 350 g/mol. The highest BCUT2D eigenvalue weighted by Gasteiger charge is 2.11. The van der Waals surface area contributed by atoms with E-state index in [4.69, 9.17) is 14.6 Å². The number of rotatable bonds is 6. The molecule has 0 aliphatic heterocycles. The number of methoxy groups -OCH3 is 1. The van der Waals surface area contributed by atoms with Crippen molar-refractivity contribution in [3.63, 3.8) is 0 Å². The summed E-state index contributed by atoms with van der Waals surface area (Å²) < 4.78 is 11.7. The van der Waals surface area contributed by atoms with Crippen LogP contribution in [0.1, 0.15) is 21.5 Å². The van der Waals surface area contributed by atoms with Gasteiger partial charge >= 0.3 is 5.97 Å². The Balaban J connectivity index is 2.01. The van der Waals surface area contributed by atoms with Crippen LogP contribution in [0, 0.1) is 0 Å². The summed E-state index contributed by atoms with van der Waals surface area (Å²) in [6.07, 6.45) is 0. The lowest BCUT2D eigenvalue weighted by Gasteiger charge is -2.09. The lowest BCUT2D eigenvalue weighted by molar-refractivity contribution is 0.0693. The Morgan fingerprint density at radius 3 is 2.62 bits per heavy atom. The normalized spacial score (nSPS) is 10.4. The Kier molecular flexibility index (Phi) is 5.36. The fraction of sp³-hybridized carbons (Fsp3) is 0.188. The van der Waals surface area contributed by atoms with Crippen LogP contribution in [0.5, 0.6) is 5.75 Å². The quantitative estimate of drug-likeness (QED) is 0.858. The predicted octanol–water partition coefficient (Wildman–Crippen LogP) is 3.87. The third-order valence-electron chi connectivity index (χ3n) is 2.98. The third-order valence-corrected chi connectivity index (χ3v) is 3.75. The molecular weight excluding hydrogens is 336 g/mol. The first-order chi connectivity index (χ1) is 10.1. The molecule has 4 nitrogen and oxygen atoms in total. The largest absolute Gasteiger partial charge is 0.496 e. The maximum atomic E-state index is 11.0. The van der Waals surface area contributed by atoms with Gasteiger partial charge in [-0.05, 0) is 29.3 Å². The number of carboxylic acid groups (broad SMARTS) is 1. The molecule has 0 saturated carbocycles. The molecule has 0 fully saturated rings. The third kappa shape index (κ3) is 4.06. The summed E-state index contributed by atoms with van der Waals surface area (Å²) in [5, 5.41) is 9.03. The molecule has 0 aliphatic rings. The number of benzene rings is 2. The van der Waals surface area contributed by atoms with Crippen LogP contribution < -0.4 is 4.74 Å². The molecular formula is C16H15BrO4. The number of carboxylic acids is 1. The van der Waals surface area contributed by atoms with Crippen LogP contribution in [-0.4, -0.2) is 18.2 Å². The van der Waals surface area contributed by atoms with Crippen molar-refractivity contribution in [2.45, 2.75) is 13.2 Å². The van der Waals surface area contributed by atoms with Crippen molar-refractivity contribution in [1.29, 1.82) is 0 Å². The molecule has 5 heteroatoms. The maximum Gasteiger partial charge on any atom is 0.339 e. The van der Waals surface area contributed by atoms with Gasteiger partial charge < -0.3 is 14.6 Å². The SMILES string of the molecule is COc1cc(COCc2ccccc2Br)ccc1C(=O)O. The molecule has 0 amide bonds. The molecule has 2 rings (SSSR count). The minimum absolute atomic E-state index is 0.145. The lowest BCUT2D eigenvalue weighted by Crippen LogP contribution is -2.02. The van der Waals surface area contributed by atoms with Crippen LogP contribution in [0.2, 0.25) is 0 Å². The molecule has 1 N–H and O–H groups in total. The molecule has 21 heavy (non-hydrogen) atoms. The molecule has 110 valence electrons. The first-order valence-electron chi connectivity index (χ1n) is 6.33. The summed E-state index contributed by atoms with van der Waals surface area (Å²) >= 11 is 3.47. The zero-order valence-electron chi connectivity index (χ0n) is 11.5. The Labute approximate surface area is 131 Å². The molecule has 0 bridgehead atoms. The summed E-state index contributed by atoms with van der Waals surface area (Å²) in [6.45, 7) is 0.863. The second kappa shape index (κ2) is 7.24. The molecule has 0 radical (unpaired) electrons. The summed E-state index contributed by atoms with van der Waals surface area (Å²) in [5.41, 5.74) is 2.07. The van der Waals surface area contributed by atoms with Crippen molar-refractivity contribution in [3.8, 4) is 5.75 Å². The minimum Gasteiger partial charge on any atom is -0.496 e. The second-order valence-corrected chi connectivity index (χ2v) is 5.28. The van der Waals surface area contributed by atoms with Gasteiger partial charge in [0.2, 0.25) is 0 Å². The van der Waals surface area contributed by atoms with Gasteiger partial charge in [-0.15, -0.1) is 0 Å². The fourth-order valence-corrected chi connectivity index (χ4v) is 2.30.